The molecule has 2 aromatic rings. The minimum Gasteiger partial charge on any atom is -0.274 e. The first-order valence-electron chi connectivity index (χ1n) is 6.77. The molecule has 0 bridgehead atoms. The molecule has 20 heavy (non-hydrogen) atoms. The average Bonchev–Trinajstić information content (AvgIpc) is 2.91. The first-order chi connectivity index (χ1) is 9.70. The molecule has 3 rings (SSSR count). The summed E-state index contributed by atoms with van der Waals surface area (Å²) in [7, 11) is 0. The minimum atomic E-state index is 0.232. The number of aromatic nitrogens is 5. The molecule has 2 unspecified atom stereocenters. The molecule has 1 aliphatic carbocycles. The summed E-state index contributed by atoms with van der Waals surface area (Å²) in [6.07, 6.45) is 10.2. The van der Waals surface area contributed by atoms with Crippen molar-refractivity contribution in [3.8, 4) is 5.95 Å². The van der Waals surface area contributed by atoms with Gasteiger partial charge in [-0.1, -0.05) is 31.5 Å². The zero-order valence-electron chi connectivity index (χ0n) is 11.2. The van der Waals surface area contributed by atoms with E-state index in [1.807, 2.05) is 0 Å². The highest BCUT2D eigenvalue weighted by molar-refractivity contribution is 7.99. The summed E-state index contributed by atoms with van der Waals surface area (Å²) in [5.41, 5.74) is 0. The van der Waals surface area contributed by atoms with E-state index in [0.29, 0.717) is 16.4 Å². The zero-order chi connectivity index (χ0) is 13.9. The average molecular weight is 310 g/mol. The van der Waals surface area contributed by atoms with E-state index in [0.717, 1.165) is 5.92 Å². The van der Waals surface area contributed by atoms with Gasteiger partial charge in [0.2, 0.25) is 11.2 Å². The Bertz CT molecular complexity index is 574. The van der Waals surface area contributed by atoms with Gasteiger partial charge in [-0.15, -0.1) is 0 Å². The van der Waals surface area contributed by atoms with Gasteiger partial charge in [0.05, 0.1) is 0 Å². The summed E-state index contributed by atoms with van der Waals surface area (Å²) in [6.45, 7) is 2.31. The van der Waals surface area contributed by atoms with Gasteiger partial charge in [-0.3, -0.25) is 4.57 Å². The van der Waals surface area contributed by atoms with E-state index in [9.17, 15) is 0 Å². The first-order valence-corrected chi connectivity index (χ1v) is 8.03. The molecule has 5 nitrogen and oxygen atoms in total. The SMILES string of the molecule is CC1CCCC(Sc2nc(Cl)nc(-n3ccnc3)n2)C1. The van der Waals surface area contributed by atoms with Crippen LogP contribution in [0.2, 0.25) is 5.28 Å². The predicted molar refractivity (Wildman–Crippen MR) is 79.2 cm³/mol. The van der Waals surface area contributed by atoms with Gasteiger partial charge in [0, 0.05) is 17.6 Å². The zero-order valence-corrected chi connectivity index (χ0v) is 12.8. The van der Waals surface area contributed by atoms with Crippen LogP contribution in [-0.4, -0.2) is 29.8 Å². The minimum absolute atomic E-state index is 0.232. The van der Waals surface area contributed by atoms with Crippen molar-refractivity contribution in [2.24, 2.45) is 5.92 Å². The summed E-state index contributed by atoms with van der Waals surface area (Å²) < 4.78 is 1.74. The molecule has 0 spiro atoms. The first kappa shape index (κ1) is 13.8. The highest BCUT2D eigenvalue weighted by Gasteiger charge is 2.21. The molecule has 1 saturated carbocycles. The maximum Gasteiger partial charge on any atom is 0.240 e. The van der Waals surface area contributed by atoms with E-state index in [1.54, 1.807) is 35.0 Å². The van der Waals surface area contributed by atoms with Crippen LogP contribution in [0.4, 0.5) is 0 Å². The molecule has 0 aliphatic heterocycles. The van der Waals surface area contributed by atoms with Gasteiger partial charge in [-0.25, -0.2) is 4.98 Å². The van der Waals surface area contributed by atoms with Crippen LogP contribution in [0.25, 0.3) is 5.95 Å². The van der Waals surface area contributed by atoms with Gasteiger partial charge >= 0.3 is 0 Å². The van der Waals surface area contributed by atoms with Crippen molar-refractivity contribution in [1.82, 2.24) is 24.5 Å². The molecule has 0 saturated heterocycles. The Morgan fingerprint density at radius 3 is 2.95 bits per heavy atom. The Labute approximate surface area is 127 Å². The van der Waals surface area contributed by atoms with Crippen LogP contribution in [-0.2, 0) is 0 Å². The van der Waals surface area contributed by atoms with Crippen molar-refractivity contribution < 1.29 is 0 Å². The molecule has 1 aliphatic rings. The fourth-order valence-electron chi connectivity index (χ4n) is 2.50. The summed E-state index contributed by atoms with van der Waals surface area (Å²) >= 11 is 7.72. The second kappa shape index (κ2) is 6.10. The van der Waals surface area contributed by atoms with E-state index in [-0.39, 0.29) is 5.28 Å². The van der Waals surface area contributed by atoms with E-state index in [2.05, 4.69) is 26.9 Å². The Kier molecular flexibility index (Phi) is 4.21. The lowest BCUT2D eigenvalue weighted by molar-refractivity contribution is 0.394. The van der Waals surface area contributed by atoms with Crippen LogP contribution >= 0.6 is 23.4 Å². The van der Waals surface area contributed by atoms with Crippen molar-refractivity contribution in [3.63, 3.8) is 0 Å². The van der Waals surface area contributed by atoms with Gasteiger partial charge in [0.15, 0.2) is 5.16 Å². The smallest absolute Gasteiger partial charge is 0.240 e. The van der Waals surface area contributed by atoms with Crippen LogP contribution in [0.3, 0.4) is 0 Å². The third kappa shape index (κ3) is 3.30. The van der Waals surface area contributed by atoms with E-state index < -0.39 is 0 Å². The standard InChI is InChI=1S/C13H16ClN5S/c1-9-3-2-4-10(7-9)20-13-17-11(14)16-12(18-13)19-6-5-15-8-19/h5-6,8-10H,2-4,7H2,1H3. The number of rotatable bonds is 3. The molecule has 0 amide bonds. The van der Waals surface area contributed by atoms with Crippen LogP contribution in [0, 0.1) is 5.92 Å². The number of nitrogens with zero attached hydrogens (tertiary/aromatic N) is 5. The number of hydrogen-bond donors (Lipinski definition) is 0. The lowest BCUT2D eigenvalue weighted by Gasteiger charge is -2.25. The predicted octanol–water partition coefficient (Wildman–Crippen LogP) is 3.38. The maximum atomic E-state index is 6.00. The lowest BCUT2D eigenvalue weighted by Crippen LogP contribution is -2.15. The number of thioether (sulfide) groups is 1. The molecular weight excluding hydrogens is 294 g/mol. The van der Waals surface area contributed by atoms with Crippen LogP contribution in [0.1, 0.15) is 32.6 Å². The monoisotopic (exact) mass is 309 g/mol. The fraction of sp³-hybridized carbons (Fsp3) is 0.538. The van der Waals surface area contributed by atoms with Crippen molar-refractivity contribution >= 4 is 23.4 Å². The largest absolute Gasteiger partial charge is 0.274 e. The van der Waals surface area contributed by atoms with Gasteiger partial charge in [-0.05, 0) is 30.4 Å². The topological polar surface area (TPSA) is 56.5 Å². The molecule has 7 heteroatoms. The van der Waals surface area contributed by atoms with E-state index in [1.165, 1.54) is 25.7 Å². The summed E-state index contributed by atoms with van der Waals surface area (Å²) in [5, 5.41) is 1.51. The van der Waals surface area contributed by atoms with Crippen LogP contribution in [0.5, 0.6) is 0 Å². The number of imidazole rings is 1. The van der Waals surface area contributed by atoms with Gasteiger partial charge in [-0.2, -0.15) is 15.0 Å². The molecule has 1 fully saturated rings. The highest BCUT2D eigenvalue weighted by Crippen LogP contribution is 2.34. The molecule has 0 N–H and O–H groups in total. The maximum absolute atomic E-state index is 6.00. The van der Waals surface area contributed by atoms with Gasteiger partial charge in [0.1, 0.15) is 6.33 Å². The molecule has 2 atom stereocenters. The summed E-state index contributed by atoms with van der Waals surface area (Å²) in [4.78, 5) is 16.8. The molecule has 2 heterocycles. The number of halogens is 1. The van der Waals surface area contributed by atoms with E-state index >= 15 is 0 Å². The quantitative estimate of drug-likeness (QED) is 0.870. The van der Waals surface area contributed by atoms with Crippen molar-refractivity contribution in [2.75, 3.05) is 0 Å². The molecule has 2 aromatic heterocycles. The van der Waals surface area contributed by atoms with Crippen molar-refractivity contribution in [1.29, 1.82) is 0 Å². The Morgan fingerprint density at radius 2 is 2.20 bits per heavy atom. The van der Waals surface area contributed by atoms with E-state index in [4.69, 9.17) is 11.6 Å². The third-order valence-corrected chi connectivity index (χ3v) is 4.80. The second-order valence-corrected chi connectivity index (χ2v) is 6.77. The summed E-state index contributed by atoms with van der Waals surface area (Å²) in [5.74, 6) is 1.31. The lowest BCUT2D eigenvalue weighted by atomic mass is 9.91. The molecule has 0 aromatic carbocycles. The van der Waals surface area contributed by atoms with Crippen molar-refractivity contribution in [3.05, 3.63) is 24.0 Å². The summed E-state index contributed by atoms with van der Waals surface area (Å²) in [6, 6.07) is 0. The van der Waals surface area contributed by atoms with Crippen molar-refractivity contribution in [2.45, 2.75) is 43.0 Å². The van der Waals surface area contributed by atoms with Gasteiger partial charge in [0.25, 0.3) is 0 Å². The Morgan fingerprint density at radius 1 is 1.30 bits per heavy atom. The normalized spacial score (nSPS) is 22.9. The van der Waals surface area contributed by atoms with Crippen LogP contribution in [0.15, 0.2) is 23.9 Å². The molecular formula is C13H16ClN5S. The third-order valence-electron chi connectivity index (χ3n) is 3.47. The Hall–Kier alpha value is -1.14. The highest BCUT2D eigenvalue weighted by atomic mass is 35.5. The Balaban J connectivity index is 1.79. The molecule has 0 radical (unpaired) electrons. The van der Waals surface area contributed by atoms with Gasteiger partial charge < -0.3 is 0 Å². The van der Waals surface area contributed by atoms with Crippen LogP contribution < -0.4 is 0 Å². The number of hydrogen-bond acceptors (Lipinski definition) is 5. The second-order valence-electron chi connectivity index (χ2n) is 5.17. The fourth-order valence-corrected chi connectivity index (χ4v) is 3.99. The molecule has 106 valence electrons.